The van der Waals surface area contributed by atoms with Gasteiger partial charge in [-0.1, -0.05) is 12.1 Å². The lowest BCUT2D eigenvalue weighted by Gasteiger charge is -2.16. The van der Waals surface area contributed by atoms with Crippen molar-refractivity contribution in [1.29, 1.82) is 0 Å². The molecule has 1 aromatic rings. The quantitative estimate of drug-likeness (QED) is 0.825. The van der Waals surface area contributed by atoms with E-state index in [2.05, 4.69) is 10.1 Å². The van der Waals surface area contributed by atoms with E-state index in [9.17, 15) is 27.9 Å². The standard InChI is InChI=1S/C13H14F3NO4/c1-7(12(20)21-2)17-11(19)10(18)8-3-5-9(6-4-8)13(14,15)16/h3-7,10,18H,1-2H3,(H,17,19)/t7-,10-/m1/s1. The molecule has 0 saturated carbocycles. The molecular weight excluding hydrogens is 291 g/mol. The minimum absolute atomic E-state index is 0.0161. The summed E-state index contributed by atoms with van der Waals surface area (Å²) in [7, 11) is 1.14. The number of aliphatic hydroxyl groups is 1. The predicted molar refractivity (Wildman–Crippen MR) is 66.0 cm³/mol. The molecule has 116 valence electrons. The van der Waals surface area contributed by atoms with Gasteiger partial charge in [0.1, 0.15) is 6.04 Å². The molecule has 0 heterocycles. The Morgan fingerprint density at radius 1 is 1.24 bits per heavy atom. The molecule has 2 atom stereocenters. The van der Waals surface area contributed by atoms with Gasteiger partial charge in [-0.2, -0.15) is 13.2 Å². The maximum atomic E-state index is 12.4. The van der Waals surface area contributed by atoms with Crippen molar-refractivity contribution in [1.82, 2.24) is 5.32 Å². The average molecular weight is 305 g/mol. The van der Waals surface area contributed by atoms with Crippen LogP contribution in [0.3, 0.4) is 0 Å². The number of hydrogen-bond donors (Lipinski definition) is 2. The van der Waals surface area contributed by atoms with E-state index in [1.807, 2.05) is 0 Å². The van der Waals surface area contributed by atoms with E-state index < -0.39 is 35.8 Å². The Bertz CT molecular complexity index is 513. The number of aliphatic hydroxyl groups excluding tert-OH is 1. The molecule has 0 unspecified atom stereocenters. The average Bonchev–Trinajstić information content (AvgIpc) is 2.44. The van der Waals surface area contributed by atoms with E-state index in [1.54, 1.807) is 0 Å². The van der Waals surface area contributed by atoms with Crippen molar-refractivity contribution in [3.63, 3.8) is 0 Å². The Labute approximate surface area is 118 Å². The van der Waals surface area contributed by atoms with Gasteiger partial charge in [0.15, 0.2) is 6.10 Å². The summed E-state index contributed by atoms with van der Waals surface area (Å²) < 4.78 is 41.5. The molecule has 21 heavy (non-hydrogen) atoms. The highest BCUT2D eigenvalue weighted by atomic mass is 19.4. The fourth-order valence-corrected chi connectivity index (χ4v) is 1.53. The summed E-state index contributed by atoms with van der Waals surface area (Å²) in [5.41, 5.74) is -0.903. The Morgan fingerprint density at radius 2 is 1.76 bits per heavy atom. The third kappa shape index (κ3) is 4.45. The van der Waals surface area contributed by atoms with Crippen LogP contribution in [0.2, 0.25) is 0 Å². The van der Waals surface area contributed by atoms with Gasteiger partial charge in [-0.25, -0.2) is 4.79 Å². The summed E-state index contributed by atoms with van der Waals surface area (Å²) in [5.74, 6) is -1.62. The topological polar surface area (TPSA) is 75.6 Å². The lowest BCUT2D eigenvalue weighted by Crippen LogP contribution is -2.41. The normalized spacial score (nSPS) is 14.2. The number of methoxy groups -OCH3 is 1. The molecule has 8 heteroatoms. The van der Waals surface area contributed by atoms with Crippen molar-refractivity contribution in [2.24, 2.45) is 0 Å². The van der Waals surface area contributed by atoms with Crippen LogP contribution >= 0.6 is 0 Å². The number of rotatable bonds is 4. The second-order valence-corrected chi connectivity index (χ2v) is 4.28. The van der Waals surface area contributed by atoms with Crippen LogP contribution in [0.25, 0.3) is 0 Å². The Hall–Kier alpha value is -2.09. The van der Waals surface area contributed by atoms with Crippen LogP contribution in [0.5, 0.6) is 0 Å². The van der Waals surface area contributed by atoms with Gasteiger partial charge in [0.05, 0.1) is 12.7 Å². The Morgan fingerprint density at radius 3 is 2.19 bits per heavy atom. The van der Waals surface area contributed by atoms with Gasteiger partial charge in [0.25, 0.3) is 5.91 Å². The molecule has 2 N–H and O–H groups in total. The van der Waals surface area contributed by atoms with Gasteiger partial charge in [-0.15, -0.1) is 0 Å². The van der Waals surface area contributed by atoms with E-state index in [0.717, 1.165) is 31.4 Å². The summed E-state index contributed by atoms with van der Waals surface area (Å²) >= 11 is 0. The van der Waals surface area contributed by atoms with E-state index in [-0.39, 0.29) is 5.56 Å². The predicted octanol–water partition coefficient (Wildman–Crippen LogP) is 1.42. The molecule has 1 aromatic carbocycles. The number of esters is 1. The number of halogens is 3. The van der Waals surface area contributed by atoms with Crippen LogP contribution < -0.4 is 5.32 Å². The number of nitrogens with one attached hydrogen (secondary N) is 1. The smallest absolute Gasteiger partial charge is 0.416 e. The number of carbonyl (C=O) groups is 2. The molecule has 5 nitrogen and oxygen atoms in total. The maximum absolute atomic E-state index is 12.4. The van der Waals surface area contributed by atoms with E-state index in [1.165, 1.54) is 6.92 Å². The van der Waals surface area contributed by atoms with Crippen LogP contribution in [-0.4, -0.2) is 30.1 Å². The van der Waals surface area contributed by atoms with Gasteiger partial charge < -0.3 is 15.2 Å². The molecule has 0 aliphatic rings. The van der Waals surface area contributed by atoms with Crippen LogP contribution in [0.4, 0.5) is 13.2 Å². The highest BCUT2D eigenvalue weighted by molar-refractivity contribution is 5.87. The van der Waals surface area contributed by atoms with Crippen molar-refractivity contribution in [2.45, 2.75) is 25.2 Å². The molecule has 0 aliphatic heterocycles. The molecule has 1 amide bonds. The van der Waals surface area contributed by atoms with Crippen molar-refractivity contribution in [2.75, 3.05) is 7.11 Å². The monoisotopic (exact) mass is 305 g/mol. The number of hydrogen-bond acceptors (Lipinski definition) is 4. The Balaban J connectivity index is 2.77. The first-order chi connectivity index (χ1) is 9.66. The van der Waals surface area contributed by atoms with Crippen molar-refractivity contribution in [3.05, 3.63) is 35.4 Å². The maximum Gasteiger partial charge on any atom is 0.416 e. The SMILES string of the molecule is COC(=O)[C@@H](C)NC(=O)[C@H](O)c1ccc(C(F)(F)F)cc1. The summed E-state index contributed by atoms with van der Waals surface area (Å²) in [6, 6.07) is 2.53. The van der Waals surface area contributed by atoms with Crippen LogP contribution in [-0.2, 0) is 20.5 Å². The molecule has 0 radical (unpaired) electrons. The second kappa shape index (κ2) is 6.57. The molecule has 0 aromatic heterocycles. The van der Waals surface area contributed by atoms with Crippen LogP contribution in [0.1, 0.15) is 24.2 Å². The summed E-state index contributed by atoms with van der Waals surface area (Å²) in [6.45, 7) is 1.35. The lowest BCUT2D eigenvalue weighted by atomic mass is 10.1. The summed E-state index contributed by atoms with van der Waals surface area (Å²) in [6.07, 6.45) is -6.18. The minimum Gasteiger partial charge on any atom is -0.467 e. The van der Waals surface area contributed by atoms with Crippen molar-refractivity contribution >= 4 is 11.9 Å². The zero-order valence-corrected chi connectivity index (χ0v) is 11.3. The zero-order chi connectivity index (χ0) is 16.2. The highest BCUT2D eigenvalue weighted by Gasteiger charge is 2.30. The number of carbonyl (C=O) groups excluding carboxylic acids is 2. The Kier molecular flexibility index (Phi) is 5.31. The molecule has 0 aliphatic carbocycles. The van der Waals surface area contributed by atoms with Crippen molar-refractivity contribution in [3.8, 4) is 0 Å². The third-order valence-electron chi connectivity index (χ3n) is 2.72. The van der Waals surface area contributed by atoms with Gasteiger partial charge in [-0.3, -0.25) is 4.79 Å². The molecule has 0 fully saturated rings. The van der Waals surface area contributed by atoms with Crippen LogP contribution in [0.15, 0.2) is 24.3 Å². The van der Waals surface area contributed by atoms with Gasteiger partial charge in [-0.05, 0) is 24.6 Å². The lowest BCUT2D eigenvalue weighted by molar-refractivity contribution is -0.145. The number of amides is 1. The second-order valence-electron chi connectivity index (χ2n) is 4.28. The van der Waals surface area contributed by atoms with Gasteiger partial charge in [0, 0.05) is 0 Å². The first-order valence-corrected chi connectivity index (χ1v) is 5.90. The molecule has 0 spiro atoms. The van der Waals surface area contributed by atoms with Crippen LogP contribution in [0, 0.1) is 0 Å². The summed E-state index contributed by atoms with van der Waals surface area (Å²) in [5, 5.41) is 11.9. The minimum atomic E-state index is -4.49. The first kappa shape index (κ1) is 17.0. The van der Waals surface area contributed by atoms with Gasteiger partial charge >= 0.3 is 12.1 Å². The molecule has 0 bridgehead atoms. The first-order valence-electron chi connectivity index (χ1n) is 5.90. The number of alkyl halides is 3. The number of benzene rings is 1. The fraction of sp³-hybridized carbons (Fsp3) is 0.385. The van der Waals surface area contributed by atoms with E-state index in [0.29, 0.717) is 0 Å². The molecular formula is C13H14F3NO4. The highest BCUT2D eigenvalue weighted by Crippen LogP contribution is 2.29. The third-order valence-corrected chi connectivity index (χ3v) is 2.72. The molecule has 1 rings (SSSR count). The number of ether oxygens (including phenoxy) is 1. The van der Waals surface area contributed by atoms with Crippen molar-refractivity contribution < 1.29 is 32.6 Å². The van der Waals surface area contributed by atoms with Gasteiger partial charge in [0.2, 0.25) is 0 Å². The van der Waals surface area contributed by atoms with E-state index in [4.69, 9.17) is 0 Å². The largest absolute Gasteiger partial charge is 0.467 e. The fourth-order valence-electron chi connectivity index (χ4n) is 1.53. The summed E-state index contributed by atoms with van der Waals surface area (Å²) in [4.78, 5) is 22.8. The zero-order valence-electron chi connectivity index (χ0n) is 11.3. The molecule has 0 saturated heterocycles. The van der Waals surface area contributed by atoms with E-state index >= 15 is 0 Å².